The fraction of sp³-hybridized carbons (Fsp3) is 0.814. The second-order valence-corrected chi connectivity index (χ2v) is 18.7. The summed E-state index contributed by atoms with van der Waals surface area (Å²) in [5.74, 6) is -0.344. The summed E-state index contributed by atoms with van der Waals surface area (Å²) < 4.78 is 17.9. The summed E-state index contributed by atoms with van der Waals surface area (Å²) in [6, 6.07) is 0. The Morgan fingerprint density at radius 1 is 0.349 bits per heavy atom. The SMILES string of the molecule is CCCCCCCCC/C=C/C=C/C=C/C=C/C=C/C(=O)OCC(COCCCCCCCCCCCCCCCCCC)OCCCCCCCCCCCCCCCCCC. The zero-order valence-electron chi connectivity index (χ0n) is 42.6. The van der Waals surface area contributed by atoms with Gasteiger partial charge in [0.25, 0.3) is 0 Å². The van der Waals surface area contributed by atoms with Crippen molar-refractivity contribution in [3.05, 3.63) is 60.8 Å². The summed E-state index contributed by atoms with van der Waals surface area (Å²) in [6.45, 7) is 8.99. The number of carbonyl (C=O) groups excluding carboxylic acids is 1. The molecule has 0 aromatic carbocycles. The molecular formula is C59H108O4. The molecular weight excluding hydrogens is 773 g/mol. The van der Waals surface area contributed by atoms with Crippen molar-refractivity contribution < 1.29 is 19.0 Å². The maximum absolute atomic E-state index is 12.5. The minimum absolute atomic E-state index is 0.224. The zero-order valence-corrected chi connectivity index (χ0v) is 42.6. The van der Waals surface area contributed by atoms with Crippen molar-refractivity contribution in [3.63, 3.8) is 0 Å². The summed E-state index contributed by atoms with van der Waals surface area (Å²) in [6.07, 6.45) is 73.5. The van der Waals surface area contributed by atoms with Gasteiger partial charge in [0.1, 0.15) is 12.7 Å². The molecule has 0 aromatic heterocycles. The van der Waals surface area contributed by atoms with E-state index in [2.05, 4.69) is 39.0 Å². The molecule has 0 amide bonds. The highest BCUT2D eigenvalue weighted by atomic mass is 16.6. The van der Waals surface area contributed by atoms with Gasteiger partial charge in [-0.1, -0.05) is 307 Å². The Morgan fingerprint density at radius 2 is 0.667 bits per heavy atom. The molecule has 63 heavy (non-hydrogen) atoms. The summed E-state index contributed by atoms with van der Waals surface area (Å²) in [5.41, 5.74) is 0. The van der Waals surface area contributed by atoms with Crippen LogP contribution in [0, 0.1) is 0 Å². The van der Waals surface area contributed by atoms with Crippen LogP contribution >= 0.6 is 0 Å². The van der Waals surface area contributed by atoms with E-state index in [1.165, 1.54) is 244 Å². The fourth-order valence-corrected chi connectivity index (χ4v) is 8.15. The first-order chi connectivity index (χ1) is 31.2. The molecule has 0 bridgehead atoms. The molecule has 368 valence electrons. The standard InChI is InChI=1S/C59H108O4/c1-4-7-10-13-16-19-22-25-28-31-32-35-38-41-44-47-50-53-59(60)63-57-58(62-55-52-49-46-43-40-37-34-30-27-24-21-18-15-12-9-6-3)56-61-54-51-48-45-42-39-36-33-29-26-23-20-17-14-11-8-5-2/h28,31-32,35,38,41,44,47,50,53,58H,4-27,29-30,33-34,36-37,39-40,42-43,45-46,48-49,51-52,54-57H2,1-3H3/b31-28+,35-32+,41-38+,47-44+,53-50+. The van der Waals surface area contributed by atoms with Crippen LogP contribution in [-0.4, -0.2) is 38.5 Å². The molecule has 0 aromatic rings. The van der Waals surface area contributed by atoms with Crippen LogP contribution in [-0.2, 0) is 19.0 Å². The zero-order chi connectivity index (χ0) is 45.5. The first-order valence-corrected chi connectivity index (χ1v) is 27.9. The Balaban J connectivity index is 4.29. The number of esters is 1. The average Bonchev–Trinajstić information content (AvgIpc) is 3.29. The smallest absolute Gasteiger partial charge is 0.330 e. The van der Waals surface area contributed by atoms with Crippen molar-refractivity contribution in [2.75, 3.05) is 26.4 Å². The Kier molecular flexibility index (Phi) is 54.5. The summed E-state index contributed by atoms with van der Waals surface area (Å²) in [7, 11) is 0. The number of rotatable bonds is 52. The third kappa shape index (κ3) is 54.3. The number of hydrogen-bond donors (Lipinski definition) is 0. The highest BCUT2D eigenvalue weighted by Gasteiger charge is 2.12. The molecule has 0 saturated carbocycles. The Morgan fingerprint density at radius 3 is 1.06 bits per heavy atom. The molecule has 1 atom stereocenters. The monoisotopic (exact) mass is 881 g/mol. The summed E-state index contributed by atoms with van der Waals surface area (Å²) in [4.78, 5) is 12.5. The van der Waals surface area contributed by atoms with Gasteiger partial charge in [-0.15, -0.1) is 0 Å². The lowest BCUT2D eigenvalue weighted by Crippen LogP contribution is -2.27. The molecule has 0 radical (unpaired) electrons. The Bertz CT molecular complexity index is 1020. The van der Waals surface area contributed by atoms with E-state index in [-0.39, 0.29) is 18.7 Å². The maximum Gasteiger partial charge on any atom is 0.330 e. The minimum atomic E-state index is -0.344. The lowest BCUT2D eigenvalue weighted by molar-refractivity contribution is -0.144. The minimum Gasteiger partial charge on any atom is -0.460 e. The van der Waals surface area contributed by atoms with E-state index in [4.69, 9.17) is 14.2 Å². The van der Waals surface area contributed by atoms with Crippen LogP contribution < -0.4 is 0 Å². The lowest BCUT2D eigenvalue weighted by atomic mass is 10.0. The molecule has 0 fully saturated rings. The first kappa shape index (κ1) is 61.1. The van der Waals surface area contributed by atoms with Gasteiger partial charge in [-0.2, -0.15) is 0 Å². The predicted octanol–water partition coefficient (Wildman–Crippen LogP) is 19.4. The molecule has 0 aliphatic heterocycles. The van der Waals surface area contributed by atoms with Gasteiger partial charge in [0.2, 0.25) is 0 Å². The van der Waals surface area contributed by atoms with Gasteiger partial charge in [0.05, 0.1) is 6.61 Å². The number of carbonyl (C=O) groups is 1. The van der Waals surface area contributed by atoms with Crippen LogP contribution in [0.25, 0.3) is 0 Å². The first-order valence-electron chi connectivity index (χ1n) is 27.9. The largest absolute Gasteiger partial charge is 0.460 e. The van der Waals surface area contributed by atoms with Crippen LogP contribution in [0.2, 0.25) is 0 Å². The highest BCUT2D eigenvalue weighted by molar-refractivity contribution is 5.82. The van der Waals surface area contributed by atoms with Crippen molar-refractivity contribution in [1.29, 1.82) is 0 Å². The number of allylic oxidation sites excluding steroid dienone is 9. The molecule has 0 heterocycles. The molecule has 4 nitrogen and oxygen atoms in total. The van der Waals surface area contributed by atoms with Crippen molar-refractivity contribution in [3.8, 4) is 0 Å². The third-order valence-electron chi connectivity index (χ3n) is 12.3. The van der Waals surface area contributed by atoms with E-state index >= 15 is 0 Å². The highest BCUT2D eigenvalue weighted by Crippen LogP contribution is 2.16. The van der Waals surface area contributed by atoms with Crippen LogP contribution in [0.1, 0.15) is 278 Å². The van der Waals surface area contributed by atoms with Crippen molar-refractivity contribution in [2.24, 2.45) is 0 Å². The van der Waals surface area contributed by atoms with E-state index in [9.17, 15) is 4.79 Å². The van der Waals surface area contributed by atoms with E-state index < -0.39 is 0 Å². The van der Waals surface area contributed by atoms with Crippen molar-refractivity contribution in [2.45, 2.75) is 284 Å². The van der Waals surface area contributed by atoms with Gasteiger partial charge in [-0.05, 0) is 25.7 Å². The van der Waals surface area contributed by atoms with Crippen LogP contribution in [0.15, 0.2) is 60.8 Å². The van der Waals surface area contributed by atoms with Gasteiger partial charge < -0.3 is 14.2 Å². The van der Waals surface area contributed by atoms with Crippen LogP contribution in [0.3, 0.4) is 0 Å². The van der Waals surface area contributed by atoms with Gasteiger partial charge in [0.15, 0.2) is 0 Å². The third-order valence-corrected chi connectivity index (χ3v) is 12.3. The Labute approximate surface area is 394 Å². The molecule has 0 aliphatic rings. The van der Waals surface area contributed by atoms with E-state index in [0.29, 0.717) is 13.2 Å². The van der Waals surface area contributed by atoms with Crippen molar-refractivity contribution >= 4 is 5.97 Å². The van der Waals surface area contributed by atoms with E-state index in [1.54, 1.807) is 6.08 Å². The maximum atomic E-state index is 12.5. The quantitative estimate of drug-likeness (QED) is 0.0264. The molecule has 0 N–H and O–H groups in total. The fourth-order valence-electron chi connectivity index (χ4n) is 8.15. The van der Waals surface area contributed by atoms with Gasteiger partial charge in [-0.25, -0.2) is 4.79 Å². The molecule has 0 rings (SSSR count). The topological polar surface area (TPSA) is 44.8 Å². The van der Waals surface area contributed by atoms with E-state index in [0.717, 1.165) is 25.9 Å². The second-order valence-electron chi connectivity index (χ2n) is 18.7. The van der Waals surface area contributed by atoms with Crippen molar-refractivity contribution in [1.82, 2.24) is 0 Å². The molecule has 1 unspecified atom stereocenters. The van der Waals surface area contributed by atoms with Crippen LogP contribution in [0.5, 0.6) is 0 Å². The number of unbranched alkanes of at least 4 members (excludes halogenated alkanes) is 37. The Hall–Kier alpha value is -1.91. The van der Waals surface area contributed by atoms with E-state index in [1.807, 2.05) is 30.4 Å². The predicted molar refractivity (Wildman–Crippen MR) is 279 cm³/mol. The normalized spacial score (nSPS) is 12.7. The molecule has 0 spiro atoms. The van der Waals surface area contributed by atoms with Crippen LogP contribution in [0.4, 0.5) is 0 Å². The van der Waals surface area contributed by atoms with Gasteiger partial charge >= 0.3 is 5.97 Å². The lowest BCUT2D eigenvalue weighted by Gasteiger charge is -2.18. The molecule has 4 heteroatoms. The van der Waals surface area contributed by atoms with Gasteiger partial charge in [-0.3, -0.25) is 0 Å². The molecule has 0 saturated heterocycles. The number of ether oxygens (including phenoxy) is 3. The van der Waals surface area contributed by atoms with Gasteiger partial charge in [0, 0.05) is 19.3 Å². The average molecular weight is 882 g/mol. The summed E-state index contributed by atoms with van der Waals surface area (Å²) >= 11 is 0. The molecule has 0 aliphatic carbocycles. The second kappa shape index (κ2) is 56.2. The number of hydrogen-bond acceptors (Lipinski definition) is 4. The summed E-state index contributed by atoms with van der Waals surface area (Å²) in [5, 5.41) is 0.